The van der Waals surface area contributed by atoms with Crippen LogP contribution in [0.4, 0.5) is 0 Å². The van der Waals surface area contributed by atoms with Crippen molar-refractivity contribution < 1.29 is 47.1 Å². The molecule has 0 aromatic rings. The number of hydrogen-bond donors (Lipinski definition) is 2. The van der Waals surface area contributed by atoms with Crippen molar-refractivity contribution in [3.05, 3.63) is 11.8 Å². The summed E-state index contributed by atoms with van der Waals surface area (Å²) in [6.07, 6.45) is 1.07. The number of aliphatic hydroxyl groups excluding tert-OH is 1. The molecule has 9 atom stereocenters. The minimum atomic E-state index is -4.10. The van der Waals surface area contributed by atoms with Crippen LogP contribution in [0.3, 0.4) is 0 Å². The van der Waals surface area contributed by atoms with Gasteiger partial charge >= 0.3 is 7.82 Å². The summed E-state index contributed by atoms with van der Waals surface area (Å²) in [6.45, 7) is 0.200. The Hall–Kier alpha value is -1.82. The molecule has 4 saturated heterocycles. The van der Waals surface area contributed by atoms with Gasteiger partial charge in [-0.3, -0.25) is 28.0 Å². The number of piperidine rings is 1. The summed E-state index contributed by atoms with van der Waals surface area (Å²) in [5.41, 5.74) is 0. The fourth-order valence-electron chi connectivity index (χ4n) is 6.02. The summed E-state index contributed by atoms with van der Waals surface area (Å²) >= 11 is 0. The fraction of sp³-hybridized carbons (Fsp3) is 0.762. The summed E-state index contributed by atoms with van der Waals surface area (Å²) in [6, 6.07) is -0.648. The van der Waals surface area contributed by atoms with Crippen molar-refractivity contribution in [2.75, 3.05) is 20.1 Å². The van der Waals surface area contributed by atoms with Crippen molar-refractivity contribution in [1.82, 2.24) is 10.2 Å². The number of allylic oxidation sites excluding steroid dienone is 1. The number of carbonyl (C=O) groups is 3. The Morgan fingerprint density at radius 3 is 2.85 bits per heavy atom. The molecular formula is C21H27N2O10P. The molecule has 12 nitrogen and oxygen atoms in total. The molecule has 5 fully saturated rings. The van der Waals surface area contributed by atoms with E-state index in [4.69, 9.17) is 23.0 Å². The second-order valence-corrected chi connectivity index (χ2v) is 11.2. The van der Waals surface area contributed by atoms with Crippen LogP contribution in [0.25, 0.3) is 0 Å². The molecule has 1 saturated carbocycles. The van der Waals surface area contributed by atoms with Gasteiger partial charge in [0.25, 0.3) is 0 Å². The van der Waals surface area contributed by atoms with E-state index in [2.05, 4.69) is 5.32 Å². The SMILES string of the molecule is O=C1N[C@H]2[C@@H]3OP(=O)(OCN4CCCCCC4=O)O[C@@H]3[C@@H](O)C[C@@H]2C2C=C3OCOC3C(=O)C12. The molecule has 2 N–H and O–H groups in total. The third-order valence-electron chi connectivity index (χ3n) is 7.69. The molecule has 0 spiro atoms. The minimum Gasteiger partial charge on any atom is -0.469 e. The van der Waals surface area contributed by atoms with Gasteiger partial charge in [-0.05, 0) is 31.3 Å². The molecule has 34 heavy (non-hydrogen) atoms. The molecule has 0 bridgehead atoms. The molecule has 6 rings (SSSR count). The van der Waals surface area contributed by atoms with Gasteiger partial charge in [-0.15, -0.1) is 0 Å². The number of hydrogen-bond acceptors (Lipinski definition) is 10. The van der Waals surface area contributed by atoms with Gasteiger partial charge in [0.2, 0.25) is 11.8 Å². The van der Waals surface area contributed by atoms with Crippen LogP contribution < -0.4 is 5.32 Å². The van der Waals surface area contributed by atoms with Gasteiger partial charge in [0.05, 0.1) is 12.1 Å². The molecule has 4 heterocycles. The van der Waals surface area contributed by atoms with Gasteiger partial charge in [0.15, 0.2) is 18.7 Å². The summed E-state index contributed by atoms with van der Waals surface area (Å²) in [5, 5.41) is 13.7. The van der Waals surface area contributed by atoms with Crippen molar-refractivity contribution >= 4 is 25.4 Å². The highest BCUT2D eigenvalue weighted by Gasteiger charge is 2.63. The van der Waals surface area contributed by atoms with E-state index in [9.17, 15) is 24.1 Å². The quantitative estimate of drug-likeness (QED) is 0.408. The van der Waals surface area contributed by atoms with Gasteiger partial charge in [-0.2, -0.15) is 0 Å². The Labute approximate surface area is 195 Å². The molecule has 186 valence electrons. The van der Waals surface area contributed by atoms with Crippen LogP contribution in [0, 0.1) is 17.8 Å². The van der Waals surface area contributed by atoms with E-state index in [1.807, 2.05) is 0 Å². The number of aliphatic hydroxyl groups is 1. The topological polar surface area (TPSA) is 150 Å². The maximum absolute atomic E-state index is 13.3. The average molecular weight is 498 g/mol. The Morgan fingerprint density at radius 2 is 2.00 bits per heavy atom. The van der Waals surface area contributed by atoms with E-state index in [1.165, 1.54) is 4.90 Å². The zero-order valence-electron chi connectivity index (χ0n) is 18.4. The Bertz CT molecular complexity index is 987. The Morgan fingerprint density at radius 1 is 1.18 bits per heavy atom. The number of amides is 2. The van der Waals surface area contributed by atoms with E-state index in [1.54, 1.807) is 6.08 Å². The van der Waals surface area contributed by atoms with Crippen LogP contribution >= 0.6 is 7.82 Å². The first kappa shape index (κ1) is 22.6. The second kappa shape index (κ2) is 8.39. The fourth-order valence-corrected chi connectivity index (χ4v) is 7.58. The maximum Gasteiger partial charge on any atom is 0.477 e. The first-order valence-electron chi connectivity index (χ1n) is 11.7. The number of ether oxygens (including phenoxy) is 2. The van der Waals surface area contributed by atoms with Crippen molar-refractivity contribution in [1.29, 1.82) is 0 Å². The number of fused-ring (bicyclic) bond motifs is 6. The highest BCUT2D eigenvalue weighted by molar-refractivity contribution is 7.48. The first-order valence-corrected chi connectivity index (χ1v) is 13.2. The van der Waals surface area contributed by atoms with Crippen LogP contribution in [-0.4, -0.2) is 78.1 Å². The van der Waals surface area contributed by atoms with Crippen LogP contribution in [-0.2, 0) is 42.0 Å². The Kier molecular flexibility index (Phi) is 5.58. The molecule has 0 aromatic heterocycles. The molecule has 4 aliphatic heterocycles. The molecule has 2 amide bonds. The van der Waals surface area contributed by atoms with Gasteiger partial charge in [-0.25, -0.2) is 4.57 Å². The molecule has 6 aliphatic rings. The zero-order chi connectivity index (χ0) is 23.6. The highest BCUT2D eigenvalue weighted by Crippen LogP contribution is 2.61. The minimum absolute atomic E-state index is 0.0539. The summed E-state index contributed by atoms with van der Waals surface area (Å²) in [4.78, 5) is 39.6. The normalized spacial score (nSPS) is 45.9. The van der Waals surface area contributed by atoms with E-state index >= 15 is 0 Å². The lowest BCUT2D eigenvalue weighted by Gasteiger charge is -2.49. The first-order chi connectivity index (χ1) is 16.3. The number of rotatable bonds is 3. The number of nitrogens with one attached hydrogen (secondary N) is 1. The number of carbonyl (C=O) groups excluding carboxylic acids is 3. The van der Waals surface area contributed by atoms with Crippen molar-refractivity contribution in [3.8, 4) is 0 Å². The number of nitrogens with zero attached hydrogens (tertiary/aromatic N) is 1. The summed E-state index contributed by atoms with van der Waals surface area (Å²) in [7, 11) is -4.10. The number of phosphoric ester groups is 1. The number of likely N-dealkylation sites (tertiary alicyclic amines) is 1. The maximum atomic E-state index is 13.3. The van der Waals surface area contributed by atoms with E-state index in [0.29, 0.717) is 18.7 Å². The third kappa shape index (κ3) is 3.63. The number of phosphoric acid groups is 1. The smallest absolute Gasteiger partial charge is 0.469 e. The predicted octanol–water partition coefficient (Wildman–Crippen LogP) is 0.206. The summed E-state index contributed by atoms with van der Waals surface area (Å²) in [5.74, 6) is -2.39. The van der Waals surface area contributed by atoms with Crippen LogP contribution in [0.15, 0.2) is 11.8 Å². The number of Topliss-reactive ketones (excluding diaryl/α,β-unsaturated/α-hetero) is 1. The van der Waals surface area contributed by atoms with E-state index in [0.717, 1.165) is 19.3 Å². The average Bonchev–Trinajstić information content (AvgIpc) is 3.36. The van der Waals surface area contributed by atoms with Crippen molar-refractivity contribution in [2.24, 2.45) is 17.8 Å². The van der Waals surface area contributed by atoms with Crippen LogP contribution in [0.2, 0.25) is 0 Å². The molecule has 2 aliphatic carbocycles. The van der Waals surface area contributed by atoms with E-state index in [-0.39, 0.29) is 37.6 Å². The Balaban J connectivity index is 1.21. The zero-order valence-corrected chi connectivity index (χ0v) is 19.3. The molecule has 4 unspecified atom stereocenters. The lowest BCUT2D eigenvalue weighted by molar-refractivity contribution is -0.151. The lowest BCUT2D eigenvalue weighted by Crippen LogP contribution is -2.67. The third-order valence-corrected chi connectivity index (χ3v) is 9.12. The highest BCUT2D eigenvalue weighted by atomic mass is 31.2. The monoisotopic (exact) mass is 498 g/mol. The van der Waals surface area contributed by atoms with Crippen molar-refractivity contribution in [3.63, 3.8) is 0 Å². The molecular weight excluding hydrogens is 471 g/mol. The second-order valence-electron chi connectivity index (χ2n) is 9.65. The molecule has 0 radical (unpaired) electrons. The lowest BCUT2D eigenvalue weighted by atomic mass is 9.63. The standard InChI is InChI=1S/C21H27N2O10P/c24-12-6-11-10-7-13-19(30-9-29-13)17(26)15(10)21(27)22-16(11)20-18(12)32-34(28,33-20)31-8-23-5-3-1-2-4-14(23)25/h7,10-12,15-16,18-20,24H,1-6,8-9H2,(H,22,27)/t10?,11-,12+,15?,16-,18-,19?,20+,34?/m1/s1. The molecule has 13 heteroatoms. The molecule has 0 aromatic carbocycles. The summed E-state index contributed by atoms with van der Waals surface area (Å²) < 4.78 is 40.8. The van der Waals surface area contributed by atoms with E-state index < -0.39 is 56.0 Å². The van der Waals surface area contributed by atoms with Crippen LogP contribution in [0.5, 0.6) is 0 Å². The largest absolute Gasteiger partial charge is 0.477 e. The number of ketones is 1. The van der Waals surface area contributed by atoms with Gasteiger partial charge in [0.1, 0.15) is 30.6 Å². The predicted molar refractivity (Wildman–Crippen MR) is 110 cm³/mol. The van der Waals surface area contributed by atoms with Gasteiger partial charge in [0, 0.05) is 18.9 Å². The van der Waals surface area contributed by atoms with Crippen molar-refractivity contribution in [2.45, 2.75) is 62.6 Å². The van der Waals surface area contributed by atoms with Gasteiger partial charge in [-0.1, -0.05) is 6.42 Å². The van der Waals surface area contributed by atoms with Crippen LogP contribution in [0.1, 0.15) is 32.1 Å². The van der Waals surface area contributed by atoms with Gasteiger partial charge < -0.3 is 24.8 Å².